The number of aryl methyl sites for hydroxylation is 1. The van der Waals surface area contributed by atoms with E-state index in [1.54, 1.807) is 6.33 Å². The second-order valence-electron chi connectivity index (χ2n) is 9.66. The van der Waals surface area contributed by atoms with E-state index in [0.29, 0.717) is 12.5 Å². The summed E-state index contributed by atoms with van der Waals surface area (Å²) in [4.78, 5) is 21.4. The maximum Gasteiger partial charge on any atom is 0.227 e. The molecule has 5 rings (SSSR count). The highest BCUT2D eigenvalue weighted by molar-refractivity contribution is 5.89. The van der Waals surface area contributed by atoms with Crippen LogP contribution in [0.2, 0.25) is 0 Å². The zero-order valence-corrected chi connectivity index (χ0v) is 18.7. The van der Waals surface area contributed by atoms with Crippen LogP contribution in [0, 0.1) is 5.41 Å². The van der Waals surface area contributed by atoms with Crippen molar-refractivity contribution in [3.63, 3.8) is 0 Å². The van der Waals surface area contributed by atoms with Crippen molar-refractivity contribution in [2.45, 2.75) is 45.1 Å². The van der Waals surface area contributed by atoms with E-state index in [1.807, 2.05) is 29.9 Å². The molecular weight excluding hydrogens is 388 g/mol. The van der Waals surface area contributed by atoms with Crippen molar-refractivity contribution in [1.82, 2.24) is 29.5 Å². The second kappa shape index (κ2) is 7.79. The van der Waals surface area contributed by atoms with Gasteiger partial charge in [-0.2, -0.15) is 0 Å². The fourth-order valence-corrected chi connectivity index (χ4v) is 5.67. The monoisotopic (exact) mass is 420 g/mol. The second-order valence-corrected chi connectivity index (χ2v) is 9.66. The molecule has 4 heterocycles. The van der Waals surface area contributed by atoms with Gasteiger partial charge in [0.2, 0.25) is 5.91 Å². The first kappa shape index (κ1) is 20.2. The first-order valence-corrected chi connectivity index (χ1v) is 11.4. The number of carbonyl (C=O) groups excluding carboxylic acids is 1. The average molecular weight is 421 g/mol. The quantitative estimate of drug-likeness (QED) is 0.705. The smallest absolute Gasteiger partial charge is 0.227 e. The molecule has 3 aromatic rings. The number of H-pyrrole nitrogens is 1. The summed E-state index contributed by atoms with van der Waals surface area (Å²) in [6, 6.07) is 8.75. The summed E-state index contributed by atoms with van der Waals surface area (Å²) in [6.45, 7) is 8.24. The summed E-state index contributed by atoms with van der Waals surface area (Å²) in [5, 5.41) is 9.75. The minimum Gasteiger partial charge on any atom is -0.361 e. The molecule has 2 aliphatic rings. The van der Waals surface area contributed by atoms with E-state index in [-0.39, 0.29) is 17.2 Å². The molecule has 2 aromatic heterocycles. The lowest BCUT2D eigenvalue weighted by Gasteiger charge is -2.43. The number of aromatic amines is 1. The van der Waals surface area contributed by atoms with Gasteiger partial charge in [0, 0.05) is 54.6 Å². The molecule has 2 saturated heterocycles. The number of piperidine rings is 1. The zero-order chi connectivity index (χ0) is 21.6. The van der Waals surface area contributed by atoms with Crippen LogP contribution < -0.4 is 0 Å². The van der Waals surface area contributed by atoms with Crippen molar-refractivity contribution in [3.05, 3.63) is 48.2 Å². The Labute approximate surface area is 183 Å². The Balaban J connectivity index is 1.39. The third kappa shape index (κ3) is 3.55. The van der Waals surface area contributed by atoms with Crippen LogP contribution in [0.25, 0.3) is 10.9 Å². The van der Waals surface area contributed by atoms with Crippen LogP contribution in [-0.4, -0.2) is 67.7 Å². The third-order valence-electron chi connectivity index (χ3n) is 7.60. The molecule has 31 heavy (non-hydrogen) atoms. The molecule has 1 N–H and O–H groups in total. The van der Waals surface area contributed by atoms with E-state index in [1.165, 1.54) is 0 Å². The molecule has 164 valence electrons. The van der Waals surface area contributed by atoms with Gasteiger partial charge in [0.15, 0.2) is 0 Å². The van der Waals surface area contributed by atoms with Crippen LogP contribution in [-0.2, 0) is 18.3 Å². The largest absolute Gasteiger partial charge is 0.361 e. The number of fused-ring (bicyclic) bond motifs is 1. The molecule has 1 amide bonds. The molecule has 1 aromatic carbocycles. The lowest BCUT2D eigenvalue weighted by atomic mass is 9.70. The average Bonchev–Trinajstić information content (AvgIpc) is 3.46. The number of rotatable bonds is 4. The Kier molecular flexibility index (Phi) is 5.08. The Morgan fingerprint density at radius 3 is 2.74 bits per heavy atom. The number of para-hydroxylation sites is 1. The molecule has 1 unspecified atom stereocenters. The van der Waals surface area contributed by atoms with Gasteiger partial charge >= 0.3 is 0 Å². The summed E-state index contributed by atoms with van der Waals surface area (Å²) in [5.74, 6) is 1.46. The number of hydrogen-bond acceptors (Lipinski definition) is 4. The number of nitrogens with zero attached hydrogens (tertiary/aromatic N) is 5. The van der Waals surface area contributed by atoms with Gasteiger partial charge in [-0.05, 0) is 51.4 Å². The van der Waals surface area contributed by atoms with Gasteiger partial charge in [0.1, 0.15) is 12.2 Å². The van der Waals surface area contributed by atoms with E-state index < -0.39 is 0 Å². The van der Waals surface area contributed by atoms with Gasteiger partial charge in [-0.3, -0.25) is 4.79 Å². The number of aromatic nitrogens is 4. The van der Waals surface area contributed by atoms with Crippen LogP contribution in [0.4, 0.5) is 0 Å². The van der Waals surface area contributed by atoms with E-state index in [4.69, 9.17) is 0 Å². The zero-order valence-electron chi connectivity index (χ0n) is 18.7. The molecule has 2 aliphatic heterocycles. The molecule has 1 spiro atoms. The maximum absolute atomic E-state index is 13.4. The number of nitrogens with one attached hydrogen (secondary N) is 1. The minimum atomic E-state index is 0.0854. The van der Waals surface area contributed by atoms with Crippen molar-refractivity contribution in [3.8, 4) is 0 Å². The number of amides is 1. The Hall–Kier alpha value is -2.67. The van der Waals surface area contributed by atoms with E-state index in [0.717, 1.165) is 61.3 Å². The van der Waals surface area contributed by atoms with E-state index in [9.17, 15) is 4.79 Å². The van der Waals surface area contributed by atoms with Gasteiger partial charge in [-0.25, -0.2) is 0 Å². The summed E-state index contributed by atoms with van der Waals surface area (Å²) < 4.78 is 2.04. The van der Waals surface area contributed by atoms with Gasteiger partial charge in [0.05, 0.1) is 6.42 Å². The van der Waals surface area contributed by atoms with Gasteiger partial charge in [0.25, 0.3) is 0 Å². The molecule has 0 saturated carbocycles. The third-order valence-corrected chi connectivity index (χ3v) is 7.60. The summed E-state index contributed by atoms with van der Waals surface area (Å²) in [7, 11) is 2.02. The molecule has 1 atom stereocenters. The summed E-state index contributed by atoms with van der Waals surface area (Å²) in [6.07, 6.45) is 6.39. The molecular formula is C24H32N6O. The Morgan fingerprint density at radius 2 is 2.03 bits per heavy atom. The Bertz CT molecular complexity index is 1070. The standard InChI is InChI=1S/C24H32N6O/c1-17(2)29-10-8-24(9-11-29)15-30(14-20(24)23-27-26-16-28(23)3)22(31)12-18-13-25-21-7-5-4-6-19(18)21/h4-7,13,16-17,20,25H,8-12,14-15H2,1-3H3. The molecule has 7 nitrogen and oxygen atoms in total. The van der Waals surface area contributed by atoms with E-state index in [2.05, 4.69) is 51.0 Å². The number of hydrogen-bond donors (Lipinski definition) is 1. The first-order valence-electron chi connectivity index (χ1n) is 11.4. The predicted octanol–water partition coefficient (Wildman–Crippen LogP) is 2.96. The van der Waals surface area contributed by atoms with Crippen molar-refractivity contribution in [1.29, 1.82) is 0 Å². The first-order chi connectivity index (χ1) is 15.0. The van der Waals surface area contributed by atoms with Crippen LogP contribution in [0.5, 0.6) is 0 Å². The predicted molar refractivity (Wildman–Crippen MR) is 121 cm³/mol. The maximum atomic E-state index is 13.4. The van der Waals surface area contributed by atoms with Crippen molar-refractivity contribution in [2.24, 2.45) is 12.5 Å². The van der Waals surface area contributed by atoms with Crippen LogP contribution >= 0.6 is 0 Å². The van der Waals surface area contributed by atoms with Crippen molar-refractivity contribution < 1.29 is 4.79 Å². The number of likely N-dealkylation sites (tertiary alicyclic amines) is 2. The van der Waals surface area contributed by atoms with Crippen LogP contribution in [0.1, 0.15) is 44.0 Å². The number of benzene rings is 1. The normalized spacial score (nSPS) is 21.5. The lowest BCUT2D eigenvalue weighted by Crippen LogP contribution is -2.46. The number of carbonyl (C=O) groups is 1. The fourth-order valence-electron chi connectivity index (χ4n) is 5.67. The van der Waals surface area contributed by atoms with Gasteiger partial charge < -0.3 is 19.4 Å². The van der Waals surface area contributed by atoms with Crippen LogP contribution in [0.3, 0.4) is 0 Å². The molecule has 2 fully saturated rings. The fraction of sp³-hybridized carbons (Fsp3) is 0.542. The molecule has 0 aliphatic carbocycles. The SMILES string of the molecule is CC(C)N1CCC2(CC1)CN(C(=O)Cc1c[nH]c3ccccc13)CC2c1nncn1C. The van der Waals surface area contributed by atoms with Gasteiger partial charge in [-0.15, -0.1) is 10.2 Å². The highest BCUT2D eigenvalue weighted by Crippen LogP contribution is 2.49. The van der Waals surface area contributed by atoms with Crippen molar-refractivity contribution >= 4 is 16.8 Å². The van der Waals surface area contributed by atoms with Crippen molar-refractivity contribution in [2.75, 3.05) is 26.2 Å². The highest BCUT2D eigenvalue weighted by atomic mass is 16.2. The summed E-state index contributed by atoms with van der Waals surface area (Å²) >= 11 is 0. The lowest BCUT2D eigenvalue weighted by molar-refractivity contribution is -0.130. The topological polar surface area (TPSA) is 70.1 Å². The van der Waals surface area contributed by atoms with E-state index >= 15 is 0 Å². The molecule has 0 radical (unpaired) electrons. The Morgan fingerprint density at radius 1 is 1.26 bits per heavy atom. The molecule has 0 bridgehead atoms. The van der Waals surface area contributed by atoms with Gasteiger partial charge in [-0.1, -0.05) is 18.2 Å². The van der Waals surface area contributed by atoms with Crippen LogP contribution in [0.15, 0.2) is 36.8 Å². The highest BCUT2D eigenvalue weighted by Gasteiger charge is 2.51. The minimum absolute atomic E-state index is 0.0854. The molecule has 7 heteroatoms. The summed E-state index contributed by atoms with van der Waals surface area (Å²) in [5.41, 5.74) is 2.25.